The van der Waals surface area contributed by atoms with Crippen molar-refractivity contribution in [1.29, 1.82) is 0 Å². The summed E-state index contributed by atoms with van der Waals surface area (Å²) in [6, 6.07) is 15.9. The summed E-state index contributed by atoms with van der Waals surface area (Å²) in [5, 5.41) is 4.60. The van der Waals surface area contributed by atoms with E-state index in [1.54, 1.807) is 30.3 Å². The van der Waals surface area contributed by atoms with E-state index >= 15 is 0 Å². The van der Waals surface area contributed by atoms with Crippen molar-refractivity contribution in [3.05, 3.63) is 70.7 Å². The SMILES string of the molecule is O=C(CSc1cc(C(=O)NC2CC2)c2ccccc2n1)NNC(=O)c1ccccc1Cl. The van der Waals surface area contributed by atoms with Gasteiger partial charge in [0.05, 0.1) is 32.4 Å². The van der Waals surface area contributed by atoms with Crippen LogP contribution in [0.4, 0.5) is 0 Å². The van der Waals surface area contributed by atoms with Gasteiger partial charge >= 0.3 is 0 Å². The molecule has 3 aromatic rings. The van der Waals surface area contributed by atoms with Crippen molar-refractivity contribution in [3.8, 4) is 0 Å². The van der Waals surface area contributed by atoms with Crippen LogP contribution in [0.25, 0.3) is 10.9 Å². The minimum atomic E-state index is -0.508. The van der Waals surface area contributed by atoms with Gasteiger partial charge in [-0.2, -0.15) is 0 Å². The van der Waals surface area contributed by atoms with E-state index in [0.717, 1.165) is 18.2 Å². The molecule has 0 atom stereocenters. The number of rotatable bonds is 6. The largest absolute Gasteiger partial charge is 0.349 e. The van der Waals surface area contributed by atoms with E-state index in [1.165, 1.54) is 11.8 Å². The van der Waals surface area contributed by atoms with Gasteiger partial charge in [-0.15, -0.1) is 0 Å². The predicted octanol–water partition coefficient (Wildman–Crippen LogP) is 3.33. The molecule has 4 rings (SSSR count). The van der Waals surface area contributed by atoms with Crippen molar-refractivity contribution >= 4 is 52.0 Å². The molecule has 1 fully saturated rings. The summed E-state index contributed by atoms with van der Waals surface area (Å²) in [5.41, 5.74) is 6.18. The molecule has 7 nitrogen and oxygen atoms in total. The summed E-state index contributed by atoms with van der Waals surface area (Å²) in [6.45, 7) is 0. The van der Waals surface area contributed by atoms with Crippen LogP contribution < -0.4 is 16.2 Å². The normalized spacial score (nSPS) is 12.9. The zero-order chi connectivity index (χ0) is 21.8. The summed E-state index contributed by atoms with van der Waals surface area (Å²) in [5.74, 6) is -1.05. The molecular weight excluding hydrogens is 436 g/mol. The molecule has 9 heteroatoms. The number of nitrogens with zero attached hydrogens (tertiary/aromatic N) is 1. The second-order valence-electron chi connectivity index (χ2n) is 7.04. The predicted molar refractivity (Wildman–Crippen MR) is 120 cm³/mol. The molecule has 0 bridgehead atoms. The van der Waals surface area contributed by atoms with Gasteiger partial charge in [-0.25, -0.2) is 4.98 Å². The lowest BCUT2D eigenvalue weighted by atomic mass is 10.1. The van der Waals surface area contributed by atoms with E-state index in [4.69, 9.17) is 11.6 Å². The summed E-state index contributed by atoms with van der Waals surface area (Å²) < 4.78 is 0. The fourth-order valence-electron chi connectivity index (χ4n) is 2.92. The molecule has 158 valence electrons. The van der Waals surface area contributed by atoms with Gasteiger partial charge in [0.25, 0.3) is 11.8 Å². The van der Waals surface area contributed by atoms with Gasteiger partial charge in [-0.05, 0) is 37.1 Å². The number of carbonyl (C=O) groups excluding carboxylic acids is 3. The number of pyridine rings is 1. The highest BCUT2D eigenvalue weighted by Gasteiger charge is 2.25. The Hall–Kier alpha value is -3.10. The van der Waals surface area contributed by atoms with Crippen LogP contribution in [0.15, 0.2) is 59.6 Å². The molecule has 0 aliphatic heterocycles. The van der Waals surface area contributed by atoms with Gasteiger partial charge in [-0.3, -0.25) is 25.2 Å². The number of thioether (sulfide) groups is 1. The Labute approximate surface area is 187 Å². The minimum absolute atomic E-state index is 0.0117. The Morgan fingerprint density at radius 3 is 2.48 bits per heavy atom. The van der Waals surface area contributed by atoms with Gasteiger partial charge in [0.15, 0.2) is 0 Å². The van der Waals surface area contributed by atoms with Crippen molar-refractivity contribution in [2.24, 2.45) is 0 Å². The van der Waals surface area contributed by atoms with Crippen molar-refractivity contribution in [1.82, 2.24) is 21.2 Å². The second kappa shape index (κ2) is 9.36. The topological polar surface area (TPSA) is 100 Å². The first kappa shape index (κ1) is 21.1. The molecule has 1 aliphatic carbocycles. The van der Waals surface area contributed by atoms with Gasteiger partial charge < -0.3 is 5.32 Å². The van der Waals surface area contributed by atoms with Gasteiger partial charge in [0, 0.05) is 11.4 Å². The summed E-state index contributed by atoms with van der Waals surface area (Å²) in [7, 11) is 0. The van der Waals surface area contributed by atoms with E-state index in [-0.39, 0.29) is 23.3 Å². The van der Waals surface area contributed by atoms with Crippen molar-refractivity contribution < 1.29 is 14.4 Å². The zero-order valence-electron chi connectivity index (χ0n) is 16.4. The number of hydrogen-bond acceptors (Lipinski definition) is 5. The van der Waals surface area contributed by atoms with Crippen LogP contribution in [0.1, 0.15) is 33.6 Å². The first-order chi connectivity index (χ1) is 15.0. The molecule has 1 aromatic heterocycles. The van der Waals surface area contributed by atoms with Crippen LogP contribution in [0.5, 0.6) is 0 Å². The quantitative estimate of drug-likeness (QED) is 0.392. The number of para-hydroxylation sites is 1. The fraction of sp³-hybridized carbons (Fsp3) is 0.182. The van der Waals surface area contributed by atoms with E-state index in [2.05, 4.69) is 21.2 Å². The summed E-state index contributed by atoms with van der Waals surface area (Å²) >= 11 is 7.16. The number of fused-ring (bicyclic) bond motifs is 1. The lowest BCUT2D eigenvalue weighted by Crippen LogP contribution is -2.42. The van der Waals surface area contributed by atoms with Crippen molar-refractivity contribution in [2.75, 3.05) is 5.75 Å². The third kappa shape index (κ3) is 5.34. The Kier molecular flexibility index (Phi) is 6.39. The van der Waals surface area contributed by atoms with E-state index in [9.17, 15) is 14.4 Å². The highest BCUT2D eigenvalue weighted by Crippen LogP contribution is 2.26. The molecule has 3 N–H and O–H groups in total. The Balaban J connectivity index is 1.40. The molecule has 3 amide bonds. The smallest absolute Gasteiger partial charge is 0.271 e. The molecule has 0 unspecified atom stereocenters. The lowest BCUT2D eigenvalue weighted by molar-refractivity contribution is -0.119. The number of carbonyl (C=O) groups is 3. The number of benzene rings is 2. The zero-order valence-corrected chi connectivity index (χ0v) is 17.9. The summed E-state index contributed by atoms with van der Waals surface area (Å²) in [4.78, 5) is 41.5. The van der Waals surface area contributed by atoms with Gasteiger partial charge in [0.1, 0.15) is 0 Å². The highest BCUT2D eigenvalue weighted by molar-refractivity contribution is 7.99. The Morgan fingerprint density at radius 1 is 0.968 bits per heavy atom. The number of hydrogen-bond donors (Lipinski definition) is 3. The molecule has 2 aromatic carbocycles. The maximum atomic E-state index is 12.7. The highest BCUT2D eigenvalue weighted by atomic mass is 35.5. The van der Waals surface area contributed by atoms with Crippen LogP contribution in [0, 0.1) is 0 Å². The number of nitrogens with one attached hydrogen (secondary N) is 3. The molecule has 0 spiro atoms. The molecule has 1 saturated carbocycles. The third-order valence-corrected chi connectivity index (χ3v) is 5.88. The van der Waals surface area contributed by atoms with Crippen LogP contribution >= 0.6 is 23.4 Å². The number of halogens is 1. The maximum Gasteiger partial charge on any atom is 0.271 e. The van der Waals surface area contributed by atoms with Crippen molar-refractivity contribution in [2.45, 2.75) is 23.9 Å². The standard InChI is InChI=1S/C22H19ClN4O3S/c23-17-7-3-1-6-15(17)22(30)27-26-19(28)12-31-20-11-16(21(29)24-13-9-10-13)14-5-2-4-8-18(14)25-20/h1-8,11,13H,9-10,12H2,(H,24,29)(H,26,28)(H,27,30). The first-order valence-electron chi connectivity index (χ1n) is 9.68. The third-order valence-electron chi connectivity index (χ3n) is 4.63. The monoisotopic (exact) mass is 454 g/mol. The average Bonchev–Trinajstić information content (AvgIpc) is 3.59. The van der Waals surface area contributed by atoms with Crippen LogP contribution in [-0.4, -0.2) is 34.5 Å². The Morgan fingerprint density at radius 2 is 1.71 bits per heavy atom. The number of aromatic nitrogens is 1. The van der Waals surface area contributed by atoms with Crippen molar-refractivity contribution in [3.63, 3.8) is 0 Å². The minimum Gasteiger partial charge on any atom is -0.349 e. The molecule has 1 aliphatic rings. The van der Waals surface area contributed by atoms with Crippen LogP contribution in [-0.2, 0) is 4.79 Å². The molecular formula is C22H19ClN4O3S. The lowest BCUT2D eigenvalue weighted by Gasteiger charge is -2.10. The van der Waals surface area contributed by atoms with Crippen LogP contribution in [0.3, 0.4) is 0 Å². The molecule has 1 heterocycles. The molecule has 31 heavy (non-hydrogen) atoms. The first-order valence-corrected chi connectivity index (χ1v) is 11.0. The van der Waals surface area contributed by atoms with E-state index in [1.807, 2.05) is 24.3 Å². The van der Waals surface area contributed by atoms with Crippen LogP contribution in [0.2, 0.25) is 5.02 Å². The summed E-state index contributed by atoms with van der Waals surface area (Å²) in [6.07, 6.45) is 1.99. The maximum absolute atomic E-state index is 12.7. The van der Waals surface area contributed by atoms with E-state index < -0.39 is 11.8 Å². The number of hydrazine groups is 1. The number of amides is 3. The second-order valence-corrected chi connectivity index (χ2v) is 8.45. The average molecular weight is 455 g/mol. The Bertz CT molecular complexity index is 1170. The van der Waals surface area contributed by atoms with E-state index in [0.29, 0.717) is 21.1 Å². The molecule has 0 saturated heterocycles. The fourth-order valence-corrected chi connectivity index (χ4v) is 3.86. The van der Waals surface area contributed by atoms with Gasteiger partial charge in [-0.1, -0.05) is 53.7 Å². The molecule has 0 radical (unpaired) electrons. The van der Waals surface area contributed by atoms with Gasteiger partial charge in [0.2, 0.25) is 5.91 Å².